The van der Waals surface area contributed by atoms with E-state index in [0.717, 1.165) is 64.2 Å². The number of carbonyl (C=O) groups is 3. The van der Waals surface area contributed by atoms with Crippen LogP contribution in [0, 0.1) is 0 Å². The van der Waals surface area contributed by atoms with Crippen molar-refractivity contribution in [3.05, 3.63) is 72.9 Å². The van der Waals surface area contributed by atoms with E-state index < -0.39 is 6.10 Å². The Morgan fingerprint density at radius 2 is 0.521 bits per heavy atom. The van der Waals surface area contributed by atoms with Gasteiger partial charge in [-0.05, 0) is 109 Å². The molecule has 0 heterocycles. The predicted octanol–water partition coefficient (Wildman–Crippen LogP) is 20.5. The van der Waals surface area contributed by atoms with Gasteiger partial charge >= 0.3 is 17.9 Å². The lowest BCUT2D eigenvalue weighted by molar-refractivity contribution is -0.167. The van der Waals surface area contributed by atoms with Crippen LogP contribution in [0.4, 0.5) is 0 Å². The highest BCUT2D eigenvalue weighted by atomic mass is 16.6. The van der Waals surface area contributed by atoms with Crippen LogP contribution in [0.15, 0.2) is 72.9 Å². The zero-order valence-electron chi connectivity index (χ0n) is 47.0. The van der Waals surface area contributed by atoms with Crippen molar-refractivity contribution in [3.63, 3.8) is 0 Å². The average Bonchev–Trinajstić information content (AvgIpc) is 3.37. The lowest BCUT2D eigenvalue weighted by Gasteiger charge is -2.18. The van der Waals surface area contributed by atoms with E-state index in [-0.39, 0.29) is 37.5 Å². The van der Waals surface area contributed by atoms with E-state index >= 15 is 0 Å². The van der Waals surface area contributed by atoms with Gasteiger partial charge in [-0.15, -0.1) is 0 Å². The molecule has 71 heavy (non-hydrogen) atoms. The number of carbonyl (C=O) groups excluding carboxylic acids is 3. The van der Waals surface area contributed by atoms with Gasteiger partial charge in [0.1, 0.15) is 13.2 Å². The van der Waals surface area contributed by atoms with Crippen LogP contribution in [0.5, 0.6) is 0 Å². The van der Waals surface area contributed by atoms with Gasteiger partial charge in [-0.25, -0.2) is 0 Å². The minimum atomic E-state index is -0.800. The van der Waals surface area contributed by atoms with Crippen molar-refractivity contribution in [2.24, 2.45) is 0 Å². The molecule has 0 N–H and O–H groups in total. The lowest BCUT2D eigenvalue weighted by atomic mass is 10.1. The van der Waals surface area contributed by atoms with E-state index in [0.29, 0.717) is 19.3 Å². The highest BCUT2D eigenvalue weighted by Gasteiger charge is 2.19. The van der Waals surface area contributed by atoms with Crippen LogP contribution in [0.1, 0.15) is 303 Å². The Bertz CT molecular complexity index is 1320. The Morgan fingerprint density at radius 1 is 0.282 bits per heavy atom. The number of hydrogen-bond donors (Lipinski definition) is 0. The monoisotopic (exact) mass is 991 g/mol. The van der Waals surface area contributed by atoms with Gasteiger partial charge in [0.2, 0.25) is 0 Å². The molecule has 0 aliphatic rings. The summed E-state index contributed by atoms with van der Waals surface area (Å²) in [5.41, 5.74) is 0. The third-order valence-corrected chi connectivity index (χ3v) is 13.2. The Kier molecular flexibility index (Phi) is 56.8. The molecule has 0 amide bonds. The highest BCUT2D eigenvalue weighted by Crippen LogP contribution is 2.15. The van der Waals surface area contributed by atoms with Crippen LogP contribution >= 0.6 is 0 Å². The Balaban J connectivity index is 4.44. The zero-order chi connectivity index (χ0) is 51.4. The van der Waals surface area contributed by atoms with E-state index in [9.17, 15) is 14.4 Å². The number of allylic oxidation sites excluding steroid dienone is 12. The molecule has 0 aromatic rings. The maximum absolute atomic E-state index is 12.9. The van der Waals surface area contributed by atoms with Gasteiger partial charge in [-0.3, -0.25) is 14.4 Å². The highest BCUT2D eigenvalue weighted by molar-refractivity contribution is 5.71. The van der Waals surface area contributed by atoms with Crippen LogP contribution in [0.25, 0.3) is 0 Å². The van der Waals surface area contributed by atoms with E-state index in [1.54, 1.807) is 0 Å². The first-order chi connectivity index (χ1) is 35.0. The fourth-order valence-corrected chi connectivity index (χ4v) is 8.54. The molecule has 0 fully saturated rings. The second-order valence-electron chi connectivity index (χ2n) is 20.2. The van der Waals surface area contributed by atoms with Crippen molar-refractivity contribution in [2.45, 2.75) is 309 Å². The van der Waals surface area contributed by atoms with Crippen LogP contribution in [0.2, 0.25) is 0 Å². The molecule has 0 radical (unpaired) electrons. The minimum Gasteiger partial charge on any atom is -0.462 e. The Labute approximate surface area is 440 Å². The molecule has 0 spiro atoms. The smallest absolute Gasteiger partial charge is 0.306 e. The molecule has 6 heteroatoms. The normalized spacial score (nSPS) is 12.5. The molecule has 0 unspecified atom stereocenters. The van der Waals surface area contributed by atoms with Gasteiger partial charge in [0, 0.05) is 19.3 Å². The van der Waals surface area contributed by atoms with E-state index in [2.05, 4.69) is 93.7 Å². The van der Waals surface area contributed by atoms with Gasteiger partial charge in [0.25, 0.3) is 0 Å². The fraction of sp³-hybridized carbons (Fsp3) is 0.769. The lowest BCUT2D eigenvalue weighted by Crippen LogP contribution is -2.30. The van der Waals surface area contributed by atoms with Gasteiger partial charge < -0.3 is 14.2 Å². The van der Waals surface area contributed by atoms with Crippen LogP contribution in [-0.4, -0.2) is 37.2 Å². The summed E-state index contributed by atoms with van der Waals surface area (Å²) in [4.78, 5) is 38.2. The summed E-state index contributed by atoms with van der Waals surface area (Å²) in [5.74, 6) is -0.946. The molecule has 0 bridgehead atoms. The van der Waals surface area contributed by atoms with Gasteiger partial charge in [0.05, 0.1) is 0 Å². The first kappa shape index (κ1) is 67.8. The molecule has 0 aromatic carbocycles. The molecule has 0 aliphatic heterocycles. The van der Waals surface area contributed by atoms with Crippen molar-refractivity contribution < 1.29 is 28.6 Å². The van der Waals surface area contributed by atoms with Gasteiger partial charge in [-0.1, -0.05) is 248 Å². The summed E-state index contributed by atoms with van der Waals surface area (Å²) in [6, 6.07) is 0. The first-order valence-electron chi connectivity index (χ1n) is 30.4. The fourth-order valence-electron chi connectivity index (χ4n) is 8.54. The summed E-state index contributed by atoms with van der Waals surface area (Å²) in [7, 11) is 0. The molecule has 6 nitrogen and oxygen atoms in total. The average molecular weight is 992 g/mol. The molecule has 0 aliphatic carbocycles. The summed E-state index contributed by atoms with van der Waals surface area (Å²) >= 11 is 0. The van der Waals surface area contributed by atoms with Gasteiger partial charge in [-0.2, -0.15) is 0 Å². The van der Waals surface area contributed by atoms with E-state index in [1.165, 1.54) is 193 Å². The molecule has 0 rings (SSSR count). The van der Waals surface area contributed by atoms with Crippen LogP contribution in [-0.2, 0) is 28.6 Å². The number of unbranched alkanes of at least 4 members (excludes halogenated alkanes) is 32. The second-order valence-corrected chi connectivity index (χ2v) is 20.2. The molecule has 0 saturated carbocycles. The third-order valence-electron chi connectivity index (χ3n) is 13.2. The third kappa shape index (κ3) is 57.6. The largest absolute Gasteiger partial charge is 0.462 e. The molecular weight excluding hydrogens is 877 g/mol. The van der Waals surface area contributed by atoms with Crippen molar-refractivity contribution >= 4 is 17.9 Å². The SMILES string of the molecule is CCCCC/C=C\C/C=C\CCCCCCCCCCCC(=O)OC[C@H](COC(=O)CCC/C=C\C/C=C\C/C=C\CCCCCCCC)OC(=O)CCCCCCCCC/C=C\CCCCCCCC. The van der Waals surface area contributed by atoms with Crippen molar-refractivity contribution in [1.29, 1.82) is 0 Å². The Hall–Kier alpha value is -3.15. The molecule has 0 aromatic heterocycles. The number of rotatable bonds is 55. The summed E-state index contributed by atoms with van der Waals surface area (Å²) in [6.45, 7) is 6.58. The standard InChI is InChI=1S/C65H114O6/c1-4-7-10-13-16-19-22-25-28-31-32-35-37-40-43-46-49-52-55-58-64(67)70-61-62(71-65(68)59-56-53-50-47-44-41-38-34-30-27-24-21-18-15-12-9-6-3)60-69-63(66)57-54-51-48-45-42-39-36-33-29-26-23-20-17-14-11-8-5-2/h16,19,25-30,36,39,45,48,62H,4-15,17-18,20-24,31-35,37-38,40-44,46-47,49-61H2,1-3H3/b19-16-,28-25-,29-26-,30-27-,39-36-,48-45-/t62-/m0/s1. The summed E-state index contributed by atoms with van der Waals surface area (Å²) in [6.07, 6.45) is 76.1. The van der Waals surface area contributed by atoms with Crippen molar-refractivity contribution in [2.75, 3.05) is 13.2 Å². The first-order valence-corrected chi connectivity index (χ1v) is 30.4. The minimum absolute atomic E-state index is 0.0940. The zero-order valence-corrected chi connectivity index (χ0v) is 47.0. The summed E-state index contributed by atoms with van der Waals surface area (Å²) in [5, 5.41) is 0. The maximum Gasteiger partial charge on any atom is 0.306 e. The topological polar surface area (TPSA) is 78.9 Å². The number of ether oxygens (including phenoxy) is 3. The number of esters is 3. The molecule has 410 valence electrons. The van der Waals surface area contributed by atoms with E-state index in [4.69, 9.17) is 14.2 Å². The Morgan fingerprint density at radius 3 is 0.887 bits per heavy atom. The molecule has 1 atom stereocenters. The van der Waals surface area contributed by atoms with Crippen LogP contribution < -0.4 is 0 Å². The second kappa shape index (κ2) is 59.4. The van der Waals surface area contributed by atoms with Gasteiger partial charge in [0.15, 0.2) is 6.10 Å². The quantitative estimate of drug-likeness (QED) is 0.0261. The summed E-state index contributed by atoms with van der Waals surface area (Å²) < 4.78 is 16.9. The maximum atomic E-state index is 12.9. The van der Waals surface area contributed by atoms with E-state index in [1.807, 2.05) is 0 Å². The molecular formula is C65H114O6. The number of hydrogen-bond acceptors (Lipinski definition) is 6. The van der Waals surface area contributed by atoms with Crippen molar-refractivity contribution in [1.82, 2.24) is 0 Å². The molecule has 0 saturated heterocycles. The van der Waals surface area contributed by atoms with Crippen LogP contribution in [0.3, 0.4) is 0 Å². The van der Waals surface area contributed by atoms with Crippen molar-refractivity contribution in [3.8, 4) is 0 Å². The predicted molar refractivity (Wildman–Crippen MR) is 307 cm³/mol.